The summed E-state index contributed by atoms with van der Waals surface area (Å²) in [6, 6.07) is -0.642. The molecule has 0 saturated heterocycles. The summed E-state index contributed by atoms with van der Waals surface area (Å²) in [6.45, 7) is 4.26. The molecule has 0 aliphatic carbocycles. The summed E-state index contributed by atoms with van der Waals surface area (Å²) in [5.74, 6) is -0.0746. The molecule has 4 nitrogen and oxygen atoms in total. The Bertz CT molecular complexity index is 928. The Labute approximate surface area is 382 Å². The fraction of sp³-hybridized carbons (Fsp3) is 0.877. The molecule has 61 heavy (non-hydrogen) atoms. The molecule has 0 radical (unpaired) electrons. The molecule has 0 aromatic carbocycles. The quantitative estimate of drug-likeness (QED) is 0.0422. The van der Waals surface area contributed by atoms with E-state index in [0.29, 0.717) is 6.42 Å². The second-order valence-electron chi connectivity index (χ2n) is 19.0. The van der Waals surface area contributed by atoms with Gasteiger partial charge in [0.25, 0.3) is 0 Å². The van der Waals surface area contributed by atoms with Gasteiger partial charge in [-0.2, -0.15) is 0 Å². The summed E-state index contributed by atoms with van der Waals surface area (Å²) in [5.41, 5.74) is 0. The van der Waals surface area contributed by atoms with Gasteiger partial charge in [0.1, 0.15) is 0 Å². The van der Waals surface area contributed by atoms with Crippen LogP contribution in [0, 0.1) is 0 Å². The lowest BCUT2D eigenvalue weighted by Gasteiger charge is -2.19. The Morgan fingerprint density at radius 1 is 0.377 bits per heavy atom. The van der Waals surface area contributed by atoms with Crippen molar-refractivity contribution in [2.75, 3.05) is 6.61 Å². The topological polar surface area (TPSA) is 69.6 Å². The molecule has 0 fully saturated rings. The smallest absolute Gasteiger partial charge is 0.220 e. The van der Waals surface area contributed by atoms with Crippen LogP contribution in [-0.2, 0) is 4.79 Å². The maximum absolute atomic E-state index is 12.4. The molecule has 0 aromatic heterocycles. The zero-order valence-electron chi connectivity index (χ0n) is 41.4. The first kappa shape index (κ1) is 59.6. The summed E-state index contributed by atoms with van der Waals surface area (Å²) in [5, 5.41) is 23.0. The van der Waals surface area contributed by atoms with Gasteiger partial charge in [-0.3, -0.25) is 4.79 Å². The highest BCUT2D eigenvalue weighted by Gasteiger charge is 2.18. The van der Waals surface area contributed by atoms with Gasteiger partial charge in [-0.1, -0.05) is 294 Å². The van der Waals surface area contributed by atoms with Crippen LogP contribution in [0.1, 0.15) is 303 Å². The normalized spacial score (nSPS) is 13.0. The number of rotatable bonds is 51. The standard InChI is InChI=1S/C57H109NO3/c1-3-5-7-9-11-13-15-17-18-19-20-21-22-23-24-25-26-27-28-29-30-31-32-33-34-35-36-37-38-39-40-41-43-45-47-49-51-53-57(61)58-55(54-59)56(60)52-50-48-46-44-42-16-14-12-10-8-6-4-2/h10,12,42,44,50,52,55-56,59-60H,3-9,11,13-41,43,45-49,51,53-54H2,1-2H3,(H,58,61)/b12-10+,44-42+,52-50+. The average molecular weight is 857 g/mol. The first-order valence-corrected chi connectivity index (χ1v) is 27.7. The zero-order valence-corrected chi connectivity index (χ0v) is 41.4. The summed E-state index contributed by atoms with van der Waals surface area (Å²) in [4.78, 5) is 12.4. The lowest BCUT2D eigenvalue weighted by Crippen LogP contribution is -2.45. The number of nitrogens with one attached hydrogen (secondary N) is 1. The number of hydrogen-bond donors (Lipinski definition) is 3. The number of aliphatic hydroxyl groups is 2. The molecule has 0 rings (SSSR count). The summed E-state index contributed by atoms with van der Waals surface area (Å²) < 4.78 is 0. The first-order valence-electron chi connectivity index (χ1n) is 27.7. The number of hydrogen-bond acceptors (Lipinski definition) is 3. The van der Waals surface area contributed by atoms with Crippen LogP contribution in [0.15, 0.2) is 36.5 Å². The molecular formula is C57H109NO3. The molecule has 1 amide bonds. The number of allylic oxidation sites excluding steroid dienone is 5. The van der Waals surface area contributed by atoms with Gasteiger partial charge in [0.15, 0.2) is 0 Å². The van der Waals surface area contributed by atoms with Gasteiger partial charge >= 0.3 is 0 Å². The highest BCUT2D eigenvalue weighted by atomic mass is 16.3. The average Bonchev–Trinajstić information content (AvgIpc) is 3.26. The molecule has 0 aromatic rings. The van der Waals surface area contributed by atoms with E-state index in [9.17, 15) is 15.0 Å². The minimum Gasteiger partial charge on any atom is -0.394 e. The molecule has 3 N–H and O–H groups in total. The third-order valence-corrected chi connectivity index (χ3v) is 12.9. The molecule has 4 heteroatoms. The Morgan fingerprint density at radius 2 is 0.639 bits per heavy atom. The lowest BCUT2D eigenvalue weighted by molar-refractivity contribution is -0.123. The predicted octanol–water partition coefficient (Wildman–Crippen LogP) is 18.1. The maximum atomic E-state index is 12.4. The van der Waals surface area contributed by atoms with Gasteiger partial charge in [0, 0.05) is 6.42 Å². The van der Waals surface area contributed by atoms with E-state index in [1.54, 1.807) is 6.08 Å². The van der Waals surface area contributed by atoms with Crippen LogP contribution in [0.4, 0.5) is 0 Å². The zero-order chi connectivity index (χ0) is 44.2. The van der Waals surface area contributed by atoms with Crippen molar-refractivity contribution in [1.29, 1.82) is 0 Å². The van der Waals surface area contributed by atoms with E-state index in [1.165, 1.54) is 244 Å². The van der Waals surface area contributed by atoms with Crippen LogP contribution in [0.2, 0.25) is 0 Å². The third kappa shape index (κ3) is 49.5. The molecule has 0 aliphatic rings. The van der Waals surface area contributed by atoms with Gasteiger partial charge in [0.2, 0.25) is 5.91 Å². The van der Waals surface area contributed by atoms with Crippen molar-refractivity contribution in [3.8, 4) is 0 Å². The van der Waals surface area contributed by atoms with Crippen LogP contribution in [0.25, 0.3) is 0 Å². The number of unbranched alkanes of at least 4 members (excludes halogenated alkanes) is 40. The third-order valence-electron chi connectivity index (χ3n) is 12.9. The van der Waals surface area contributed by atoms with Gasteiger partial charge < -0.3 is 15.5 Å². The van der Waals surface area contributed by atoms with Crippen LogP contribution >= 0.6 is 0 Å². The molecule has 0 saturated carbocycles. The monoisotopic (exact) mass is 856 g/mol. The fourth-order valence-electron chi connectivity index (χ4n) is 8.61. The molecular weight excluding hydrogens is 747 g/mol. The van der Waals surface area contributed by atoms with E-state index in [1.807, 2.05) is 6.08 Å². The van der Waals surface area contributed by atoms with E-state index in [4.69, 9.17) is 0 Å². The van der Waals surface area contributed by atoms with Crippen molar-refractivity contribution in [1.82, 2.24) is 5.32 Å². The summed E-state index contributed by atoms with van der Waals surface area (Å²) >= 11 is 0. The largest absolute Gasteiger partial charge is 0.394 e. The Balaban J connectivity index is 3.37. The summed E-state index contributed by atoms with van der Waals surface area (Å²) in [6.07, 6.45) is 71.9. The second-order valence-corrected chi connectivity index (χ2v) is 19.0. The van der Waals surface area contributed by atoms with E-state index < -0.39 is 12.1 Å². The van der Waals surface area contributed by atoms with Crippen LogP contribution < -0.4 is 5.32 Å². The van der Waals surface area contributed by atoms with Gasteiger partial charge in [-0.05, 0) is 38.5 Å². The molecule has 2 atom stereocenters. The highest BCUT2D eigenvalue weighted by molar-refractivity contribution is 5.76. The molecule has 0 spiro atoms. The second kappa shape index (κ2) is 53.0. The van der Waals surface area contributed by atoms with E-state index >= 15 is 0 Å². The van der Waals surface area contributed by atoms with E-state index in [2.05, 4.69) is 43.5 Å². The van der Waals surface area contributed by atoms with Crippen molar-refractivity contribution >= 4 is 5.91 Å². The van der Waals surface area contributed by atoms with Crippen LogP contribution in [0.3, 0.4) is 0 Å². The van der Waals surface area contributed by atoms with Gasteiger partial charge in [-0.15, -0.1) is 0 Å². The number of carbonyl (C=O) groups is 1. The predicted molar refractivity (Wildman–Crippen MR) is 272 cm³/mol. The molecule has 2 unspecified atom stereocenters. The minimum absolute atomic E-state index is 0.0746. The first-order chi connectivity index (χ1) is 30.2. The SMILES string of the molecule is CCCC/C=C/CC/C=C/CC/C=C/C(O)C(CO)NC(=O)CCCCCCCCCCCCCCCCCCCCCCCCCCCCCCCCCCCCCCC. The minimum atomic E-state index is -0.867. The highest BCUT2D eigenvalue weighted by Crippen LogP contribution is 2.18. The van der Waals surface area contributed by atoms with Gasteiger partial charge in [0.05, 0.1) is 18.8 Å². The number of aliphatic hydroxyl groups excluding tert-OH is 2. The van der Waals surface area contributed by atoms with Crippen molar-refractivity contribution in [3.05, 3.63) is 36.5 Å². The van der Waals surface area contributed by atoms with E-state index in [0.717, 1.165) is 38.5 Å². The van der Waals surface area contributed by atoms with Crippen molar-refractivity contribution in [2.24, 2.45) is 0 Å². The lowest BCUT2D eigenvalue weighted by atomic mass is 10.0. The maximum Gasteiger partial charge on any atom is 0.220 e. The summed E-state index contributed by atoms with van der Waals surface area (Å²) in [7, 11) is 0. The van der Waals surface area contributed by atoms with E-state index in [-0.39, 0.29) is 12.5 Å². The van der Waals surface area contributed by atoms with Crippen LogP contribution in [0.5, 0.6) is 0 Å². The van der Waals surface area contributed by atoms with Crippen molar-refractivity contribution < 1.29 is 15.0 Å². The van der Waals surface area contributed by atoms with Crippen molar-refractivity contribution in [2.45, 2.75) is 315 Å². The van der Waals surface area contributed by atoms with Crippen LogP contribution in [-0.4, -0.2) is 34.9 Å². The molecule has 360 valence electrons. The Hall–Kier alpha value is -1.39. The number of amides is 1. The van der Waals surface area contributed by atoms with Crippen molar-refractivity contribution in [3.63, 3.8) is 0 Å². The fourth-order valence-corrected chi connectivity index (χ4v) is 8.61. The molecule has 0 bridgehead atoms. The molecule has 0 heterocycles. The van der Waals surface area contributed by atoms with Gasteiger partial charge in [-0.25, -0.2) is 0 Å². The Morgan fingerprint density at radius 3 is 0.934 bits per heavy atom. The molecule has 0 aliphatic heterocycles. The Kier molecular flexibility index (Phi) is 51.7. The number of carbonyl (C=O) groups excluding carboxylic acids is 1.